The topological polar surface area (TPSA) is 87.1 Å². The van der Waals surface area contributed by atoms with E-state index in [1.54, 1.807) is 18.2 Å². The van der Waals surface area contributed by atoms with Crippen LogP contribution < -0.4 is 5.06 Å². The van der Waals surface area contributed by atoms with Gasteiger partial charge in [0.15, 0.2) is 0 Å². The molecular weight excluding hydrogens is 322 g/mol. The van der Waals surface area contributed by atoms with Crippen LogP contribution in [0.25, 0.3) is 10.8 Å². The summed E-state index contributed by atoms with van der Waals surface area (Å²) < 4.78 is 4.59. The lowest BCUT2D eigenvalue weighted by molar-refractivity contribution is 0.0600. The van der Waals surface area contributed by atoms with Crippen LogP contribution in [0.15, 0.2) is 60.7 Å². The number of aromatic hydroxyl groups is 1. The maximum atomic E-state index is 12.4. The summed E-state index contributed by atoms with van der Waals surface area (Å²) in [6, 6.07) is 15.9. The molecule has 3 aromatic carbocycles. The summed E-state index contributed by atoms with van der Waals surface area (Å²) in [4.78, 5) is 23.9. The first kappa shape index (κ1) is 16.5. The molecule has 0 aromatic heterocycles. The van der Waals surface area contributed by atoms with Crippen molar-refractivity contribution >= 4 is 28.3 Å². The van der Waals surface area contributed by atoms with Crippen molar-refractivity contribution in [3.63, 3.8) is 0 Å². The number of rotatable bonds is 3. The third kappa shape index (κ3) is 3.02. The molecule has 25 heavy (non-hydrogen) atoms. The Labute approximate surface area is 143 Å². The lowest BCUT2D eigenvalue weighted by Crippen LogP contribution is -2.27. The minimum atomic E-state index is -0.734. The Morgan fingerprint density at radius 2 is 1.56 bits per heavy atom. The van der Waals surface area contributed by atoms with Gasteiger partial charge in [-0.25, -0.2) is 4.79 Å². The normalized spacial score (nSPS) is 10.5. The maximum Gasteiger partial charge on any atom is 0.337 e. The molecule has 0 fully saturated rings. The molecule has 0 aliphatic carbocycles. The molecule has 2 N–H and O–H groups in total. The third-order valence-corrected chi connectivity index (χ3v) is 3.85. The first-order valence-electron chi connectivity index (χ1n) is 7.45. The number of fused-ring (bicyclic) bond motifs is 1. The summed E-state index contributed by atoms with van der Waals surface area (Å²) in [6.07, 6.45) is 0. The summed E-state index contributed by atoms with van der Waals surface area (Å²) in [6.45, 7) is 0. The van der Waals surface area contributed by atoms with Crippen molar-refractivity contribution in [2.45, 2.75) is 0 Å². The lowest BCUT2D eigenvalue weighted by atomic mass is 10.1. The number of phenolic OH excluding ortho intramolecular Hbond substituents is 1. The highest BCUT2D eigenvalue weighted by molar-refractivity contribution is 6.07. The number of hydrogen-bond acceptors (Lipinski definition) is 5. The van der Waals surface area contributed by atoms with Gasteiger partial charge in [0.25, 0.3) is 5.91 Å². The van der Waals surface area contributed by atoms with Gasteiger partial charge in [0.1, 0.15) is 11.4 Å². The number of esters is 1. The number of phenols is 1. The van der Waals surface area contributed by atoms with E-state index < -0.39 is 11.9 Å². The number of hydroxylamine groups is 1. The molecule has 0 heterocycles. The number of benzene rings is 3. The van der Waals surface area contributed by atoms with Gasteiger partial charge in [-0.2, -0.15) is 5.06 Å². The van der Waals surface area contributed by atoms with E-state index in [0.717, 1.165) is 5.39 Å². The van der Waals surface area contributed by atoms with Crippen LogP contribution in [0.4, 0.5) is 5.69 Å². The number of amides is 1. The highest BCUT2D eigenvalue weighted by atomic mass is 16.5. The van der Waals surface area contributed by atoms with Crippen molar-refractivity contribution in [3.8, 4) is 5.75 Å². The summed E-state index contributed by atoms with van der Waals surface area (Å²) in [5, 5.41) is 22.3. The van der Waals surface area contributed by atoms with Gasteiger partial charge in [-0.3, -0.25) is 10.0 Å². The van der Waals surface area contributed by atoms with Crippen LogP contribution in [-0.4, -0.2) is 29.3 Å². The Morgan fingerprint density at radius 3 is 2.24 bits per heavy atom. The molecule has 3 aromatic rings. The van der Waals surface area contributed by atoms with Gasteiger partial charge in [0.05, 0.1) is 12.7 Å². The molecule has 0 saturated carbocycles. The van der Waals surface area contributed by atoms with Crippen LogP contribution >= 0.6 is 0 Å². The average molecular weight is 337 g/mol. The first-order valence-corrected chi connectivity index (χ1v) is 7.45. The van der Waals surface area contributed by atoms with Gasteiger partial charge in [-0.05, 0) is 35.7 Å². The van der Waals surface area contributed by atoms with Crippen molar-refractivity contribution in [1.29, 1.82) is 0 Å². The van der Waals surface area contributed by atoms with E-state index in [1.807, 2.05) is 12.1 Å². The van der Waals surface area contributed by atoms with Crippen LogP contribution in [0.2, 0.25) is 0 Å². The zero-order valence-corrected chi connectivity index (χ0v) is 13.3. The molecule has 0 aliphatic rings. The molecule has 6 heteroatoms. The summed E-state index contributed by atoms with van der Waals surface area (Å²) in [5.41, 5.74) is 0.417. The average Bonchev–Trinajstić information content (AvgIpc) is 2.67. The molecule has 0 bridgehead atoms. The van der Waals surface area contributed by atoms with Crippen LogP contribution in [-0.2, 0) is 4.74 Å². The summed E-state index contributed by atoms with van der Waals surface area (Å²) in [7, 11) is 1.26. The van der Waals surface area contributed by atoms with E-state index in [2.05, 4.69) is 4.74 Å². The van der Waals surface area contributed by atoms with Gasteiger partial charge in [0.2, 0.25) is 0 Å². The largest absolute Gasteiger partial charge is 0.505 e. The van der Waals surface area contributed by atoms with E-state index >= 15 is 0 Å². The second-order valence-corrected chi connectivity index (χ2v) is 5.34. The lowest BCUT2D eigenvalue weighted by Gasteiger charge is -2.17. The van der Waals surface area contributed by atoms with E-state index in [9.17, 15) is 19.9 Å². The Kier molecular flexibility index (Phi) is 4.36. The zero-order chi connectivity index (χ0) is 18.0. The summed E-state index contributed by atoms with van der Waals surface area (Å²) in [5.74, 6) is -1.45. The van der Waals surface area contributed by atoms with Gasteiger partial charge in [-0.1, -0.05) is 30.3 Å². The van der Waals surface area contributed by atoms with Crippen LogP contribution in [0.5, 0.6) is 5.75 Å². The van der Waals surface area contributed by atoms with Crippen molar-refractivity contribution in [1.82, 2.24) is 0 Å². The molecule has 1 amide bonds. The highest BCUT2D eigenvalue weighted by Crippen LogP contribution is 2.34. The van der Waals surface area contributed by atoms with Crippen molar-refractivity contribution in [2.24, 2.45) is 0 Å². The Hall–Kier alpha value is -3.38. The minimum Gasteiger partial charge on any atom is -0.505 e. The predicted molar refractivity (Wildman–Crippen MR) is 92.0 cm³/mol. The van der Waals surface area contributed by atoms with Gasteiger partial charge in [-0.15, -0.1) is 0 Å². The molecular formula is C19H15NO5. The van der Waals surface area contributed by atoms with Crippen molar-refractivity contribution in [2.75, 3.05) is 12.2 Å². The number of carbonyl (C=O) groups is 2. The number of carbonyl (C=O) groups excluding carboxylic acids is 2. The SMILES string of the molecule is COC(=O)c1ccc(C(=O)N(O)c2ccc3ccccc3c2O)cc1. The Morgan fingerprint density at radius 1 is 0.920 bits per heavy atom. The van der Waals surface area contributed by atoms with Gasteiger partial charge in [0, 0.05) is 10.9 Å². The second-order valence-electron chi connectivity index (χ2n) is 5.34. The fourth-order valence-electron chi connectivity index (χ4n) is 2.51. The van der Waals surface area contributed by atoms with Crippen molar-refractivity contribution in [3.05, 3.63) is 71.8 Å². The summed E-state index contributed by atoms with van der Waals surface area (Å²) >= 11 is 0. The van der Waals surface area contributed by atoms with Gasteiger partial charge < -0.3 is 9.84 Å². The monoisotopic (exact) mass is 337 g/mol. The zero-order valence-electron chi connectivity index (χ0n) is 13.3. The molecule has 126 valence electrons. The molecule has 0 unspecified atom stereocenters. The first-order chi connectivity index (χ1) is 12.0. The highest BCUT2D eigenvalue weighted by Gasteiger charge is 2.20. The van der Waals surface area contributed by atoms with Crippen LogP contribution in [0.1, 0.15) is 20.7 Å². The second kappa shape index (κ2) is 6.62. The van der Waals surface area contributed by atoms with E-state index in [0.29, 0.717) is 10.4 Å². The Bertz CT molecular complexity index is 950. The quantitative estimate of drug-likeness (QED) is 0.435. The maximum absolute atomic E-state index is 12.4. The van der Waals surface area contributed by atoms with E-state index in [4.69, 9.17) is 0 Å². The van der Waals surface area contributed by atoms with E-state index in [1.165, 1.54) is 37.4 Å². The molecule has 0 spiro atoms. The standard InChI is InChI=1S/C19H15NO5/c1-25-19(23)14-8-6-13(7-9-14)18(22)20(24)16-11-10-12-4-2-3-5-15(12)17(16)21/h2-11,21,24H,1H3. The Balaban J connectivity index is 1.92. The van der Waals surface area contributed by atoms with Gasteiger partial charge >= 0.3 is 5.97 Å². The van der Waals surface area contributed by atoms with E-state index in [-0.39, 0.29) is 22.6 Å². The number of anilines is 1. The fourth-order valence-corrected chi connectivity index (χ4v) is 2.51. The molecule has 0 atom stereocenters. The predicted octanol–water partition coefficient (Wildman–Crippen LogP) is 3.37. The molecule has 0 aliphatic heterocycles. The van der Waals surface area contributed by atoms with Crippen LogP contribution in [0, 0.1) is 0 Å². The number of hydrogen-bond donors (Lipinski definition) is 2. The third-order valence-electron chi connectivity index (χ3n) is 3.85. The number of ether oxygens (including phenoxy) is 1. The smallest absolute Gasteiger partial charge is 0.337 e. The number of methoxy groups -OCH3 is 1. The minimum absolute atomic E-state index is 0.0271. The number of nitrogens with zero attached hydrogens (tertiary/aromatic N) is 1. The fraction of sp³-hybridized carbons (Fsp3) is 0.0526. The molecule has 0 radical (unpaired) electrons. The molecule has 0 saturated heterocycles. The molecule has 6 nitrogen and oxygen atoms in total. The van der Waals surface area contributed by atoms with Crippen LogP contribution in [0.3, 0.4) is 0 Å². The molecule has 3 rings (SSSR count). The van der Waals surface area contributed by atoms with Crippen molar-refractivity contribution < 1.29 is 24.6 Å².